The fourth-order valence-electron chi connectivity index (χ4n) is 1.77. The molecule has 1 amide bonds. The van der Waals surface area contributed by atoms with Crippen molar-refractivity contribution < 1.29 is 9.21 Å². The summed E-state index contributed by atoms with van der Waals surface area (Å²) in [7, 11) is 0. The Labute approximate surface area is 145 Å². The molecule has 3 rings (SSSR count). The Bertz CT molecular complexity index is 779. The minimum absolute atomic E-state index is 0.140. The van der Waals surface area contributed by atoms with E-state index in [1.807, 2.05) is 36.4 Å². The molecule has 1 N–H and O–H groups in total. The van der Waals surface area contributed by atoms with Crippen LogP contribution in [0.2, 0.25) is 0 Å². The van der Waals surface area contributed by atoms with E-state index in [9.17, 15) is 4.79 Å². The third-order valence-electron chi connectivity index (χ3n) is 2.74. The third-order valence-corrected chi connectivity index (χ3v) is 4.34. The quantitative estimate of drug-likeness (QED) is 0.592. The summed E-state index contributed by atoms with van der Waals surface area (Å²) in [4.78, 5) is 16.9. The first kappa shape index (κ1) is 15.1. The Morgan fingerprint density at radius 3 is 2.95 bits per heavy atom. The fourth-order valence-corrected chi connectivity index (χ4v) is 3.09. The van der Waals surface area contributed by atoms with Crippen molar-refractivity contribution in [1.29, 1.82) is 0 Å². The number of aliphatic imine (C=N–C) groups is 1. The van der Waals surface area contributed by atoms with E-state index in [2.05, 4.69) is 32.9 Å². The number of thioether (sulfide) groups is 1. The molecular weight excluding hydrogens is 411 g/mol. The molecule has 1 fully saturated rings. The molecule has 110 valence electrons. The number of allylic oxidation sites excluding steroid dienone is 2. The summed E-state index contributed by atoms with van der Waals surface area (Å²) in [5.74, 6) is 0.603. The van der Waals surface area contributed by atoms with Gasteiger partial charge in [-0.05, 0) is 76.8 Å². The number of hydrogen-bond donors (Lipinski definition) is 1. The largest absolute Gasteiger partial charge is 0.465 e. The van der Waals surface area contributed by atoms with Crippen LogP contribution in [0, 0.1) is 3.57 Å². The maximum atomic E-state index is 11.9. The van der Waals surface area contributed by atoms with Gasteiger partial charge >= 0.3 is 0 Å². The molecule has 0 atom stereocenters. The third kappa shape index (κ3) is 3.89. The van der Waals surface area contributed by atoms with Gasteiger partial charge in [-0.3, -0.25) is 4.79 Å². The van der Waals surface area contributed by atoms with Gasteiger partial charge in [-0.1, -0.05) is 12.1 Å². The smallest absolute Gasteiger partial charge is 0.264 e. The van der Waals surface area contributed by atoms with Gasteiger partial charge in [0.15, 0.2) is 5.17 Å². The van der Waals surface area contributed by atoms with Crippen LogP contribution in [-0.4, -0.2) is 11.1 Å². The van der Waals surface area contributed by atoms with Crippen molar-refractivity contribution in [2.24, 2.45) is 4.99 Å². The molecule has 2 heterocycles. The molecule has 0 bridgehead atoms. The molecule has 0 radical (unpaired) electrons. The predicted molar refractivity (Wildman–Crippen MR) is 97.8 cm³/mol. The zero-order valence-corrected chi connectivity index (χ0v) is 14.3. The lowest BCUT2D eigenvalue weighted by Gasteiger charge is -1.96. The van der Waals surface area contributed by atoms with Crippen molar-refractivity contribution in [3.63, 3.8) is 0 Å². The summed E-state index contributed by atoms with van der Waals surface area (Å²) < 4.78 is 6.29. The lowest BCUT2D eigenvalue weighted by molar-refractivity contribution is -0.115. The van der Waals surface area contributed by atoms with E-state index < -0.39 is 0 Å². The number of hydrogen-bond acceptors (Lipinski definition) is 4. The van der Waals surface area contributed by atoms with Crippen molar-refractivity contribution in [2.75, 3.05) is 0 Å². The van der Waals surface area contributed by atoms with Crippen LogP contribution in [0.3, 0.4) is 0 Å². The molecule has 4 nitrogen and oxygen atoms in total. The van der Waals surface area contributed by atoms with Gasteiger partial charge in [-0.2, -0.15) is 0 Å². The number of carbonyl (C=O) groups excluding carboxylic acids is 1. The normalized spacial score (nSPS) is 18.5. The van der Waals surface area contributed by atoms with Crippen molar-refractivity contribution in [3.05, 3.63) is 69.0 Å². The first-order chi connectivity index (χ1) is 10.7. The van der Waals surface area contributed by atoms with Crippen LogP contribution in [-0.2, 0) is 4.79 Å². The van der Waals surface area contributed by atoms with Crippen molar-refractivity contribution in [2.45, 2.75) is 0 Å². The number of nitrogens with zero attached hydrogens (tertiary/aromatic N) is 1. The SMILES string of the molecule is O=C1NC(=Nc2cccc(I)c2)S/C1=C\C=C\c1ccco1. The fraction of sp³-hybridized carbons (Fsp3) is 0. The summed E-state index contributed by atoms with van der Waals surface area (Å²) in [6, 6.07) is 11.5. The van der Waals surface area contributed by atoms with Crippen LogP contribution in [0.1, 0.15) is 5.76 Å². The second-order valence-electron chi connectivity index (χ2n) is 4.36. The monoisotopic (exact) mass is 422 g/mol. The van der Waals surface area contributed by atoms with Crippen LogP contribution in [0.25, 0.3) is 6.08 Å². The molecule has 1 saturated heterocycles. The highest BCUT2D eigenvalue weighted by atomic mass is 127. The molecular formula is C16H11IN2O2S. The Hall–Kier alpha value is -1.80. The molecule has 2 aromatic rings. The van der Waals surface area contributed by atoms with Crippen molar-refractivity contribution >= 4 is 57.2 Å². The minimum atomic E-state index is -0.140. The maximum Gasteiger partial charge on any atom is 0.264 e. The van der Waals surface area contributed by atoms with Gasteiger partial charge in [0.25, 0.3) is 5.91 Å². The first-order valence-electron chi connectivity index (χ1n) is 6.46. The molecule has 1 aliphatic rings. The van der Waals surface area contributed by atoms with E-state index in [-0.39, 0.29) is 5.91 Å². The van der Waals surface area contributed by atoms with Gasteiger partial charge in [-0.15, -0.1) is 0 Å². The van der Waals surface area contributed by atoms with E-state index >= 15 is 0 Å². The Morgan fingerprint density at radius 2 is 2.18 bits per heavy atom. The highest BCUT2D eigenvalue weighted by molar-refractivity contribution is 14.1. The van der Waals surface area contributed by atoms with Crippen LogP contribution in [0.5, 0.6) is 0 Å². The molecule has 6 heteroatoms. The number of halogens is 1. The van der Waals surface area contributed by atoms with Gasteiger partial charge in [0, 0.05) is 3.57 Å². The Morgan fingerprint density at radius 1 is 1.27 bits per heavy atom. The van der Waals surface area contributed by atoms with Gasteiger partial charge < -0.3 is 9.73 Å². The Kier molecular flexibility index (Phi) is 4.79. The number of carbonyl (C=O) groups is 1. The summed E-state index contributed by atoms with van der Waals surface area (Å²) in [5, 5.41) is 3.35. The summed E-state index contributed by atoms with van der Waals surface area (Å²) in [5.41, 5.74) is 0.821. The van der Waals surface area contributed by atoms with E-state index in [0.717, 1.165) is 15.0 Å². The molecule has 1 aromatic heterocycles. The number of amides is 1. The van der Waals surface area contributed by atoms with Crippen LogP contribution in [0.15, 0.2) is 69.1 Å². The number of furan rings is 1. The molecule has 1 aromatic carbocycles. The second kappa shape index (κ2) is 6.97. The maximum absolute atomic E-state index is 11.9. The van der Waals surface area contributed by atoms with Crippen molar-refractivity contribution in [1.82, 2.24) is 5.32 Å². The summed E-state index contributed by atoms with van der Waals surface area (Å²) in [6.07, 6.45) is 6.94. The van der Waals surface area contributed by atoms with E-state index in [0.29, 0.717) is 10.1 Å². The standard InChI is InChI=1S/C16H11IN2O2S/c17-11-4-1-5-12(10-11)18-16-19-15(20)14(22-16)8-2-6-13-7-3-9-21-13/h1-10H,(H,18,19,20)/b6-2+,14-8-. The van der Waals surface area contributed by atoms with Gasteiger partial charge in [0.1, 0.15) is 5.76 Å². The van der Waals surface area contributed by atoms with Gasteiger partial charge in [0.2, 0.25) is 0 Å². The van der Waals surface area contributed by atoms with Crippen LogP contribution < -0.4 is 5.32 Å². The van der Waals surface area contributed by atoms with E-state index in [1.165, 1.54) is 11.8 Å². The average molecular weight is 422 g/mol. The molecule has 0 saturated carbocycles. The molecule has 0 unspecified atom stereocenters. The first-order valence-corrected chi connectivity index (χ1v) is 8.35. The van der Waals surface area contributed by atoms with Gasteiger partial charge in [-0.25, -0.2) is 4.99 Å². The van der Waals surface area contributed by atoms with E-state index in [4.69, 9.17) is 4.42 Å². The highest BCUT2D eigenvalue weighted by Crippen LogP contribution is 2.26. The second-order valence-corrected chi connectivity index (χ2v) is 6.63. The number of nitrogens with one attached hydrogen (secondary N) is 1. The molecule has 0 aliphatic carbocycles. The molecule has 1 aliphatic heterocycles. The zero-order valence-electron chi connectivity index (χ0n) is 11.3. The average Bonchev–Trinajstić information content (AvgIpc) is 3.10. The lowest BCUT2D eigenvalue weighted by atomic mass is 10.3. The zero-order chi connectivity index (χ0) is 15.4. The number of rotatable bonds is 3. The number of amidine groups is 1. The highest BCUT2D eigenvalue weighted by Gasteiger charge is 2.23. The summed E-state index contributed by atoms with van der Waals surface area (Å²) >= 11 is 3.55. The molecule has 0 spiro atoms. The lowest BCUT2D eigenvalue weighted by Crippen LogP contribution is -2.19. The van der Waals surface area contributed by atoms with E-state index in [1.54, 1.807) is 24.5 Å². The van der Waals surface area contributed by atoms with Crippen LogP contribution in [0.4, 0.5) is 5.69 Å². The Balaban J connectivity index is 1.73. The topological polar surface area (TPSA) is 54.6 Å². The van der Waals surface area contributed by atoms with Crippen LogP contribution >= 0.6 is 34.4 Å². The molecule has 22 heavy (non-hydrogen) atoms. The minimum Gasteiger partial charge on any atom is -0.465 e. The van der Waals surface area contributed by atoms with Crippen molar-refractivity contribution in [3.8, 4) is 0 Å². The number of benzene rings is 1. The van der Waals surface area contributed by atoms with Gasteiger partial charge in [0.05, 0.1) is 16.9 Å². The predicted octanol–water partition coefficient (Wildman–Crippen LogP) is 4.33. The summed E-state index contributed by atoms with van der Waals surface area (Å²) in [6.45, 7) is 0.